The molecule has 8 heteroatoms. The van der Waals surface area contributed by atoms with Gasteiger partial charge in [0.25, 0.3) is 5.91 Å². The van der Waals surface area contributed by atoms with Gasteiger partial charge in [0.05, 0.1) is 22.9 Å². The summed E-state index contributed by atoms with van der Waals surface area (Å²) in [6, 6.07) is 5.09. The minimum absolute atomic E-state index is 0.00629. The van der Waals surface area contributed by atoms with Crippen molar-refractivity contribution in [2.24, 2.45) is 0 Å². The molecule has 2 aromatic rings. The lowest BCUT2D eigenvalue weighted by Gasteiger charge is -2.09. The molecule has 0 aliphatic carbocycles. The summed E-state index contributed by atoms with van der Waals surface area (Å²) >= 11 is 5.90. The Kier molecular flexibility index (Phi) is 5.33. The molecular formula is C15H15ClFN3O3. The number of aryl methyl sites for hydroxylation is 1. The summed E-state index contributed by atoms with van der Waals surface area (Å²) < 4.78 is 19.4. The van der Waals surface area contributed by atoms with Crippen molar-refractivity contribution in [3.63, 3.8) is 0 Å². The fourth-order valence-corrected chi connectivity index (χ4v) is 2.15. The van der Waals surface area contributed by atoms with Crippen molar-refractivity contribution < 1.29 is 18.7 Å². The summed E-state index contributed by atoms with van der Waals surface area (Å²) in [5, 5.41) is 6.80. The smallest absolute Gasteiger partial charge is 0.327 e. The number of nitrogens with one attached hydrogen (secondary N) is 1. The maximum atomic E-state index is 13.3. The van der Waals surface area contributed by atoms with E-state index in [1.54, 1.807) is 19.9 Å². The van der Waals surface area contributed by atoms with Gasteiger partial charge in [-0.1, -0.05) is 11.6 Å². The molecule has 0 unspecified atom stereocenters. The quantitative estimate of drug-likeness (QED) is 0.850. The molecule has 0 atom stereocenters. The minimum Gasteiger partial charge on any atom is -0.465 e. The fraction of sp³-hybridized carbons (Fsp3) is 0.267. The Morgan fingerprint density at radius 2 is 2.13 bits per heavy atom. The summed E-state index contributed by atoms with van der Waals surface area (Å²) in [4.78, 5) is 23.8. The summed E-state index contributed by atoms with van der Waals surface area (Å²) in [6.45, 7) is 3.52. The Hall–Kier alpha value is -2.41. The van der Waals surface area contributed by atoms with Crippen molar-refractivity contribution in [2.45, 2.75) is 20.4 Å². The number of rotatable bonds is 5. The minimum atomic E-state index is -0.598. The monoisotopic (exact) mass is 339 g/mol. The van der Waals surface area contributed by atoms with E-state index in [0.717, 1.165) is 12.1 Å². The van der Waals surface area contributed by atoms with Crippen molar-refractivity contribution in [2.75, 3.05) is 11.9 Å². The molecule has 0 spiro atoms. The molecule has 0 bridgehead atoms. The summed E-state index contributed by atoms with van der Waals surface area (Å²) in [5.74, 6) is -1.36. The van der Waals surface area contributed by atoms with Crippen LogP contribution in [0.15, 0.2) is 24.3 Å². The van der Waals surface area contributed by atoms with Crippen LogP contribution in [0.5, 0.6) is 0 Å². The van der Waals surface area contributed by atoms with Crippen molar-refractivity contribution >= 4 is 29.3 Å². The van der Waals surface area contributed by atoms with E-state index in [0.29, 0.717) is 11.5 Å². The van der Waals surface area contributed by atoms with Crippen LogP contribution in [0.1, 0.15) is 23.0 Å². The molecule has 2 rings (SSSR count). The van der Waals surface area contributed by atoms with Crippen LogP contribution < -0.4 is 5.32 Å². The average molecular weight is 340 g/mol. The third-order valence-corrected chi connectivity index (χ3v) is 3.23. The first-order chi connectivity index (χ1) is 10.9. The van der Waals surface area contributed by atoms with Gasteiger partial charge in [0.15, 0.2) is 0 Å². The lowest BCUT2D eigenvalue weighted by molar-refractivity contribution is -0.144. The van der Waals surface area contributed by atoms with Gasteiger partial charge in [-0.15, -0.1) is 0 Å². The molecule has 0 aliphatic rings. The number of benzene rings is 1. The van der Waals surface area contributed by atoms with Crippen LogP contribution in [0.25, 0.3) is 0 Å². The molecule has 0 aliphatic heterocycles. The van der Waals surface area contributed by atoms with E-state index >= 15 is 0 Å². The van der Waals surface area contributed by atoms with Crippen molar-refractivity contribution in [3.8, 4) is 0 Å². The number of aromatic nitrogens is 2. The van der Waals surface area contributed by atoms with Gasteiger partial charge in [0, 0.05) is 6.07 Å². The summed E-state index contributed by atoms with van der Waals surface area (Å²) in [6.07, 6.45) is 0. The number of carbonyl (C=O) groups excluding carboxylic acids is 2. The molecule has 0 saturated heterocycles. The molecular weight excluding hydrogens is 325 g/mol. The van der Waals surface area contributed by atoms with E-state index in [1.165, 1.54) is 10.7 Å². The van der Waals surface area contributed by atoms with Crippen LogP contribution in [-0.4, -0.2) is 28.3 Å². The van der Waals surface area contributed by atoms with Gasteiger partial charge in [-0.25, -0.2) is 9.07 Å². The molecule has 1 aromatic carbocycles. The maximum absolute atomic E-state index is 13.3. The average Bonchev–Trinajstić information content (AvgIpc) is 2.81. The van der Waals surface area contributed by atoms with E-state index in [1.807, 2.05) is 0 Å². The third-order valence-electron chi connectivity index (χ3n) is 2.90. The zero-order chi connectivity index (χ0) is 17.0. The second-order valence-corrected chi connectivity index (χ2v) is 5.12. The number of ether oxygens (including phenoxy) is 1. The lowest BCUT2D eigenvalue weighted by atomic mass is 10.2. The maximum Gasteiger partial charge on any atom is 0.327 e. The standard InChI is InChI=1S/C15H15ClFN3O3/c1-3-23-14(21)8-20-13(6-9(2)19-20)18-15(22)11-7-10(17)4-5-12(11)16/h4-7H,3,8H2,1-2H3,(H,18,22). The molecule has 1 amide bonds. The zero-order valence-electron chi connectivity index (χ0n) is 12.6. The highest BCUT2D eigenvalue weighted by molar-refractivity contribution is 6.34. The Morgan fingerprint density at radius 1 is 1.39 bits per heavy atom. The highest BCUT2D eigenvalue weighted by Gasteiger charge is 2.16. The molecule has 122 valence electrons. The molecule has 0 saturated carbocycles. The van der Waals surface area contributed by atoms with Gasteiger partial charge in [-0.2, -0.15) is 5.10 Å². The third kappa shape index (κ3) is 4.29. The van der Waals surface area contributed by atoms with Crippen LogP contribution in [0.2, 0.25) is 5.02 Å². The Balaban J connectivity index is 2.21. The molecule has 0 fully saturated rings. The van der Waals surface area contributed by atoms with E-state index in [9.17, 15) is 14.0 Å². The first-order valence-corrected chi connectivity index (χ1v) is 7.25. The van der Waals surface area contributed by atoms with Crippen LogP contribution >= 0.6 is 11.6 Å². The predicted octanol–water partition coefficient (Wildman–Crippen LogP) is 2.80. The van der Waals surface area contributed by atoms with Crippen LogP contribution in [0.3, 0.4) is 0 Å². The number of halogens is 2. The topological polar surface area (TPSA) is 73.2 Å². The SMILES string of the molecule is CCOC(=O)Cn1nc(C)cc1NC(=O)c1cc(F)ccc1Cl. The largest absolute Gasteiger partial charge is 0.465 e. The first kappa shape index (κ1) is 17.0. The number of hydrogen-bond donors (Lipinski definition) is 1. The highest BCUT2D eigenvalue weighted by Crippen LogP contribution is 2.19. The number of esters is 1. The number of carbonyl (C=O) groups is 2. The summed E-state index contributed by atoms with van der Waals surface area (Å²) in [5.41, 5.74) is 0.600. The number of anilines is 1. The second-order valence-electron chi connectivity index (χ2n) is 4.71. The first-order valence-electron chi connectivity index (χ1n) is 6.87. The van der Waals surface area contributed by atoms with Gasteiger partial charge in [-0.3, -0.25) is 9.59 Å². The lowest BCUT2D eigenvalue weighted by Crippen LogP contribution is -2.20. The highest BCUT2D eigenvalue weighted by atomic mass is 35.5. The molecule has 1 N–H and O–H groups in total. The van der Waals surface area contributed by atoms with Gasteiger partial charge in [0.1, 0.15) is 18.2 Å². The molecule has 0 radical (unpaired) electrons. The van der Waals surface area contributed by atoms with Gasteiger partial charge in [-0.05, 0) is 32.0 Å². The number of amides is 1. The number of hydrogen-bond acceptors (Lipinski definition) is 4. The van der Waals surface area contributed by atoms with Crippen molar-refractivity contribution in [3.05, 3.63) is 46.4 Å². The molecule has 1 heterocycles. The van der Waals surface area contributed by atoms with Gasteiger partial charge < -0.3 is 10.1 Å². The molecule has 6 nitrogen and oxygen atoms in total. The fourth-order valence-electron chi connectivity index (χ4n) is 1.95. The van der Waals surface area contributed by atoms with E-state index in [4.69, 9.17) is 16.3 Å². The second kappa shape index (κ2) is 7.23. The predicted molar refractivity (Wildman–Crippen MR) is 83.0 cm³/mol. The number of nitrogens with zero attached hydrogens (tertiary/aromatic N) is 2. The van der Waals surface area contributed by atoms with Gasteiger partial charge >= 0.3 is 5.97 Å². The Labute approximate surface area is 137 Å². The van der Waals surface area contributed by atoms with Crippen LogP contribution in [0.4, 0.5) is 10.2 Å². The van der Waals surface area contributed by atoms with E-state index < -0.39 is 17.7 Å². The van der Waals surface area contributed by atoms with E-state index in [-0.39, 0.29) is 23.7 Å². The van der Waals surface area contributed by atoms with Gasteiger partial charge in [0.2, 0.25) is 0 Å². The Bertz CT molecular complexity index is 746. The van der Waals surface area contributed by atoms with Crippen LogP contribution in [-0.2, 0) is 16.1 Å². The Morgan fingerprint density at radius 3 is 2.83 bits per heavy atom. The molecule has 1 aromatic heterocycles. The summed E-state index contributed by atoms with van der Waals surface area (Å²) in [7, 11) is 0. The molecule has 23 heavy (non-hydrogen) atoms. The van der Waals surface area contributed by atoms with Crippen LogP contribution in [0, 0.1) is 12.7 Å². The normalized spacial score (nSPS) is 10.4. The van der Waals surface area contributed by atoms with E-state index in [2.05, 4.69) is 10.4 Å². The zero-order valence-corrected chi connectivity index (χ0v) is 13.4. The van der Waals surface area contributed by atoms with Crippen molar-refractivity contribution in [1.29, 1.82) is 0 Å². The van der Waals surface area contributed by atoms with Crippen molar-refractivity contribution in [1.82, 2.24) is 9.78 Å².